The van der Waals surface area contributed by atoms with Gasteiger partial charge < -0.3 is 5.32 Å². The lowest BCUT2D eigenvalue weighted by atomic mass is 10.3. The van der Waals surface area contributed by atoms with E-state index < -0.39 is 0 Å². The Labute approximate surface area is 75.1 Å². The number of rotatable bonds is 3. The highest BCUT2D eigenvalue weighted by molar-refractivity contribution is 5.90. The van der Waals surface area contributed by atoms with Crippen LogP contribution in [-0.2, 0) is 0 Å². The molecule has 6 nitrogen and oxygen atoms in total. The highest BCUT2D eigenvalue weighted by Crippen LogP contribution is 2.33. The van der Waals surface area contributed by atoms with Crippen molar-refractivity contribution >= 4 is 5.91 Å². The number of amides is 1. The van der Waals surface area contributed by atoms with E-state index in [0.29, 0.717) is 12.0 Å². The van der Waals surface area contributed by atoms with Gasteiger partial charge in [-0.2, -0.15) is 5.21 Å². The van der Waals surface area contributed by atoms with Crippen LogP contribution in [0.2, 0.25) is 0 Å². The number of hydrogen-bond donors (Lipinski definition) is 2. The summed E-state index contributed by atoms with van der Waals surface area (Å²) >= 11 is 0. The normalized spacial score (nSPS) is 25.6. The number of H-pyrrole nitrogens is 1. The van der Waals surface area contributed by atoms with Crippen LogP contribution in [0.5, 0.6) is 0 Å². The summed E-state index contributed by atoms with van der Waals surface area (Å²) in [6.07, 6.45) is 2.18. The van der Waals surface area contributed by atoms with Crippen LogP contribution in [0, 0.1) is 5.92 Å². The second kappa shape index (κ2) is 3.12. The standard InChI is InChI=1S/C7H11N5O/c1-2-4-3-5(4)8-7(13)6-9-11-12-10-6/h4-5H,2-3H2,1H3,(H,8,13)(H,9,10,11,12). The molecular formula is C7H11N5O. The van der Waals surface area contributed by atoms with Crippen LogP contribution in [0.15, 0.2) is 0 Å². The Morgan fingerprint density at radius 1 is 1.77 bits per heavy atom. The zero-order chi connectivity index (χ0) is 9.26. The van der Waals surface area contributed by atoms with Crippen LogP contribution in [0.1, 0.15) is 30.4 Å². The van der Waals surface area contributed by atoms with Crippen molar-refractivity contribution in [2.75, 3.05) is 0 Å². The van der Waals surface area contributed by atoms with E-state index >= 15 is 0 Å². The molecule has 2 N–H and O–H groups in total. The lowest BCUT2D eigenvalue weighted by molar-refractivity contribution is 0.0938. The highest BCUT2D eigenvalue weighted by atomic mass is 16.2. The number of carbonyl (C=O) groups excluding carboxylic acids is 1. The Morgan fingerprint density at radius 2 is 2.62 bits per heavy atom. The maximum atomic E-state index is 11.3. The minimum atomic E-state index is -0.241. The smallest absolute Gasteiger partial charge is 0.293 e. The van der Waals surface area contributed by atoms with Crippen molar-refractivity contribution in [1.29, 1.82) is 0 Å². The Hall–Kier alpha value is -1.46. The molecule has 1 aromatic rings. The fraction of sp³-hybridized carbons (Fsp3) is 0.714. The van der Waals surface area contributed by atoms with Crippen molar-refractivity contribution in [3.63, 3.8) is 0 Å². The number of nitrogens with zero attached hydrogens (tertiary/aromatic N) is 3. The van der Waals surface area contributed by atoms with Crippen molar-refractivity contribution in [3.05, 3.63) is 5.82 Å². The average Bonchev–Trinajstić information content (AvgIpc) is 2.68. The summed E-state index contributed by atoms with van der Waals surface area (Å²) in [4.78, 5) is 11.3. The molecule has 6 heteroatoms. The number of tetrazole rings is 1. The Bertz CT molecular complexity index is 296. The monoisotopic (exact) mass is 181 g/mol. The van der Waals surface area contributed by atoms with Gasteiger partial charge in [0.15, 0.2) is 0 Å². The third-order valence-electron chi connectivity index (χ3n) is 2.31. The first-order valence-electron chi connectivity index (χ1n) is 4.35. The van der Waals surface area contributed by atoms with Crippen LogP contribution in [0.4, 0.5) is 0 Å². The van der Waals surface area contributed by atoms with Crippen LogP contribution in [0.25, 0.3) is 0 Å². The minimum Gasteiger partial charge on any atom is -0.346 e. The summed E-state index contributed by atoms with van der Waals surface area (Å²) < 4.78 is 0. The number of aromatic nitrogens is 4. The van der Waals surface area contributed by atoms with Gasteiger partial charge >= 0.3 is 0 Å². The van der Waals surface area contributed by atoms with Gasteiger partial charge in [-0.3, -0.25) is 4.79 Å². The number of aromatic amines is 1. The molecule has 2 atom stereocenters. The number of hydrogen-bond acceptors (Lipinski definition) is 4. The first-order chi connectivity index (χ1) is 6.31. The van der Waals surface area contributed by atoms with E-state index in [0.717, 1.165) is 12.8 Å². The summed E-state index contributed by atoms with van der Waals surface area (Å²) in [5.41, 5.74) is 0. The minimum absolute atomic E-state index is 0.113. The molecule has 0 bridgehead atoms. The highest BCUT2D eigenvalue weighted by Gasteiger charge is 2.37. The lowest BCUT2D eigenvalue weighted by Crippen LogP contribution is -2.27. The molecule has 2 rings (SSSR count). The van der Waals surface area contributed by atoms with E-state index in [2.05, 4.69) is 32.9 Å². The summed E-state index contributed by atoms with van der Waals surface area (Å²) in [6, 6.07) is 0.316. The maximum Gasteiger partial charge on any atom is 0.293 e. The van der Waals surface area contributed by atoms with Gasteiger partial charge in [-0.1, -0.05) is 13.3 Å². The van der Waals surface area contributed by atoms with E-state index in [-0.39, 0.29) is 11.7 Å². The van der Waals surface area contributed by atoms with Gasteiger partial charge in [0.2, 0.25) is 0 Å². The molecule has 1 fully saturated rings. The first kappa shape index (κ1) is 8.15. The van der Waals surface area contributed by atoms with Crippen LogP contribution in [-0.4, -0.2) is 32.6 Å². The fourth-order valence-electron chi connectivity index (χ4n) is 1.37. The summed E-state index contributed by atoms with van der Waals surface area (Å²) in [6.45, 7) is 2.12. The van der Waals surface area contributed by atoms with Gasteiger partial charge in [0.1, 0.15) is 0 Å². The van der Waals surface area contributed by atoms with E-state index in [1.54, 1.807) is 0 Å². The quantitative estimate of drug-likeness (QED) is 0.672. The van der Waals surface area contributed by atoms with Gasteiger partial charge in [-0.25, -0.2) is 0 Å². The van der Waals surface area contributed by atoms with Gasteiger partial charge in [0.05, 0.1) is 0 Å². The summed E-state index contributed by atoms with van der Waals surface area (Å²) in [7, 11) is 0. The molecule has 0 saturated heterocycles. The average molecular weight is 181 g/mol. The van der Waals surface area contributed by atoms with Gasteiger partial charge in [-0.05, 0) is 17.6 Å². The van der Waals surface area contributed by atoms with Crippen LogP contribution in [0.3, 0.4) is 0 Å². The molecule has 1 aliphatic carbocycles. The molecular weight excluding hydrogens is 170 g/mol. The van der Waals surface area contributed by atoms with Crippen LogP contribution >= 0.6 is 0 Å². The zero-order valence-corrected chi connectivity index (χ0v) is 7.32. The maximum absolute atomic E-state index is 11.3. The molecule has 70 valence electrons. The van der Waals surface area contributed by atoms with Crippen molar-refractivity contribution in [3.8, 4) is 0 Å². The summed E-state index contributed by atoms with van der Waals surface area (Å²) in [5.74, 6) is 0.507. The molecule has 0 aliphatic heterocycles. The number of nitrogens with one attached hydrogen (secondary N) is 2. The number of carbonyl (C=O) groups is 1. The largest absolute Gasteiger partial charge is 0.346 e. The van der Waals surface area contributed by atoms with Gasteiger partial charge in [-0.15, -0.1) is 10.2 Å². The van der Waals surface area contributed by atoms with Gasteiger partial charge in [0, 0.05) is 6.04 Å². The Kier molecular flexibility index (Phi) is 1.96. The van der Waals surface area contributed by atoms with Crippen molar-refractivity contribution in [1.82, 2.24) is 25.9 Å². The van der Waals surface area contributed by atoms with Crippen molar-refractivity contribution in [2.24, 2.45) is 5.92 Å². The molecule has 1 amide bonds. The second-order valence-electron chi connectivity index (χ2n) is 3.22. The second-order valence-corrected chi connectivity index (χ2v) is 3.22. The molecule has 0 aromatic carbocycles. The third kappa shape index (κ3) is 1.66. The zero-order valence-electron chi connectivity index (χ0n) is 7.32. The first-order valence-corrected chi connectivity index (χ1v) is 4.35. The SMILES string of the molecule is CCC1CC1NC(=O)c1nn[nH]n1. The Morgan fingerprint density at radius 3 is 3.15 bits per heavy atom. The molecule has 0 radical (unpaired) electrons. The van der Waals surface area contributed by atoms with Crippen molar-refractivity contribution < 1.29 is 4.79 Å². The van der Waals surface area contributed by atoms with E-state index in [4.69, 9.17) is 0 Å². The molecule has 1 heterocycles. The van der Waals surface area contributed by atoms with Crippen molar-refractivity contribution in [2.45, 2.75) is 25.8 Å². The lowest BCUT2D eigenvalue weighted by Gasteiger charge is -1.98. The Balaban J connectivity index is 1.87. The topological polar surface area (TPSA) is 83.6 Å². The molecule has 0 spiro atoms. The molecule has 13 heavy (non-hydrogen) atoms. The predicted molar refractivity (Wildman–Crippen MR) is 43.8 cm³/mol. The predicted octanol–water partition coefficient (Wildman–Crippen LogP) is -0.272. The molecule has 1 aromatic heterocycles. The molecule has 1 saturated carbocycles. The van der Waals surface area contributed by atoms with Gasteiger partial charge in [0.25, 0.3) is 11.7 Å². The molecule has 1 aliphatic rings. The van der Waals surface area contributed by atoms with Crippen LogP contribution < -0.4 is 5.32 Å². The van der Waals surface area contributed by atoms with E-state index in [9.17, 15) is 4.79 Å². The van der Waals surface area contributed by atoms with E-state index in [1.807, 2.05) is 0 Å². The molecule has 2 unspecified atom stereocenters. The third-order valence-corrected chi connectivity index (χ3v) is 2.31. The fourth-order valence-corrected chi connectivity index (χ4v) is 1.37. The van der Waals surface area contributed by atoms with E-state index in [1.165, 1.54) is 0 Å². The summed E-state index contributed by atoms with van der Waals surface area (Å²) in [5, 5.41) is 15.6.